The van der Waals surface area contributed by atoms with Crippen molar-refractivity contribution in [1.29, 1.82) is 0 Å². The predicted octanol–water partition coefficient (Wildman–Crippen LogP) is 1.69. The standard InChI is InChI=1S/C15H23N3O3S.ClH/c1-3-10-22(20,21)17-14-7-5-4-6-13(14)15(19)18-9-8-16-12(2)11-18;/h4-7,12,16-17H,3,8-11H2,1-2H3;1H. The van der Waals surface area contributed by atoms with Gasteiger partial charge in [0.15, 0.2) is 0 Å². The molecule has 1 unspecified atom stereocenters. The Kier molecular flexibility index (Phi) is 7.31. The van der Waals surface area contributed by atoms with E-state index in [1.807, 2.05) is 6.92 Å². The molecule has 1 fully saturated rings. The van der Waals surface area contributed by atoms with Crippen molar-refractivity contribution in [3.63, 3.8) is 0 Å². The summed E-state index contributed by atoms with van der Waals surface area (Å²) in [5.41, 5.74) is 0.753. The first-order valence-corrected chi connectivity index (χ1v) is 9.20. The van der Waals surface area contributed by atoms with Gasteiger partial charge >= 0.3 is 0 Å². The lowest BCUT2D eigenvalue weighted by molar-refractivity contribution is 0.0710. The van der Waals surface area contributed by atoms with Crippen LogP contribution in [-0.2, 0) is 10.0 Å². The van der Waals surface area contributed by atoms with Crippen molar-refractivity contribution in [3.05, 3.63) is 29.8 Å². The second kappa shape index (κ2) is 8.52. The van der Waals surface area contributed by atoms with Crippen molar-refractivity contribution < 1.29 is 13.2 Å². The topological polar surface area (TPSA) is 78.5 Å². The van der Waals surface area contributed by atoms with E-state index in [4.69, 9.17) is 0 Å². The number of carbonyl (C=O) groups is 1. The van der Waals surface area contributed by atoms with Gasteiger partial charge in [-0.3, -0.25) is 9.52 Å². The molecule has 0 aromatic heterocycles. The molecule has 0 aliphatic carbocycles. The maximum atomic E-state index is 12.7. The molecular formula is C15H24ClN3O3S. The first-order valence-electron chi connectivity index (χ1n) is 7.55. The quantitative estimate of drug-likeness (QED) is 0.836. The van der Waals surface area contributed by atoms with E-state index in [1.54, 1.807) is 36.1 Å². The Labute approximate surface area is 144 Å². The molecule has 0 bridgehead atoms. The molecule has 8 heteroatoms. The number of benzene rings is 1. The molecule has 0 spiro atoms. The number of nitrogens with one attached hydrogen (secondary N) is 2. The first-order chi connectivity index (χ1) is 10.4. The van der Waals surface area contributed by atoms with Gasteiger partial charge in [-0.2, -0.15) is 0 Å². The summed E-state index contributed by atoms with van der Waals surface area (Å²) in [5, 5.41) is 3.28. The third kappa shape index (κ3) is 5.37. The van der Waals surface area contributed by atoms with Crippen molar-refractivity contribution in [2.24, 2.45) is 0 Å². The number of rotatable bonds is 5. The Morgan fingerprint density at radius 2 is 2.09 bits per heavy atom. The summed E-state index contributed by atoms with van der Waals surface area (Å²) in [6.45, 7) is 5.82. The molecule has 1 aliphatic heterocycles. The number of hydrogen-bond acceptors (Lipinski definition) is 4. The highest BCUT2D eigenvalue weighted by Gasteiger charge is 2.24. The first kappa shape index (κ1) is 19.7. The molecule has 1 aromatic carbocycles. The van der Waals surface area contributed by atoms with Crippen molar-refractivity contribution in [2.45, 2.75) is 26.3 Å². The van der Waals surface area contributed by atoms with Gasteiger partial charge in [-0.25, -0.2) is 8.42 Å². The van der Waals surface area contributed by atoms with Gasteiger partial charge in [0.2, 0.25) is 10.0 Å². The molecule has 6 nitrogen and oxygen atoms in total. The fraction of sp³-hybridized carbons (Fsp3) is 0.533. The maximum absolute atomic E-state index is 12.7. The Balaban J connectivity index is 0.00000264. The van der Waals surface area contributed by atoms with Gasteiger partial charge in [0.05, 0.1) is 17.0 Å². The lowest BCUT2D eigenvalue weighted by Gasteiger charge is -2.32. The molecule has 0 saturated carbocycles. The van der Waals surface area contributed by atoms with E-state index in [0.29, 0.717) is 30.8 Å². The van der Waals surface area contributed by atoms with E-state index in [1.165, 1.54) is 0 Å². The highest BCUT2D eigenvalue weighted by molar-refractivity contribution is 7.92. The smallest absolute Gasteiger partial charge is 0.256 e. The van der Waals surface area contributed by atoms with Gasteiger partial charge in [0.25, 0.3) is 5.91 Å². The van der Waals surface area contributed by atoms with Gasteiger partial charge in [0, 0.05) is 25.7 Å². The molecule has 2 N–H and O–H groups in total. The fourth-order valence-corrected chi connectivity index (χ4v) is 3.69. The second-order valence-corrected chi connectivity index (χ2v) is 7.41. The average Bonchev–Trinajstić information content (AvgIpc) is 2.46. The summed E-state index contributed by atoms with van der Waals surface area (Å²) < 4.78 is 26.4. The minimum Gasteiger partial charge on any atom is -0.336 e. The minimum absolute atomic E-state index is 0. The average molecular weight is 362 g/mol. The molecule has 1 saturated heterocycles. The summed E-state index contributed by atoms with van der Waals surface area (Å²) in [6, 6.07) is 7.00. The van der Waals surface area contributed by atoms with E-state index < -0.39 is 10.0 Å². The van der Waals surface area contributed by atoms with Crippen LogP contribution in [0.3, 0.4) is 0 Å². The van der Waals surface area contributed by atoms with Crippen LogP contribution in [0.1, 0.15) is 30.6 Å². The van der Waals surface area contributed by atoms with Crippen LogP contribution in [0, 0.1) is 0 Å². The largest absolute Gasteiger partial charge is 0.336 e. The number of carbonyl (C=O) groups excluding carboxylic acids is 1. The minimum atomic E-state index is -3.42. The number of halogens is 1. The van der Waals surface area contributed by atoms with Crippen molar-refractivity contribution in [3.8, 4) is 0 Å². The van der Waals surface area contributed by atoms with E-state index >= 15 is 0 Å². The van der Waals surface area contributed by atoms with Gasteiger partial charge < -0.3 is 10.2 Å². The van der Waals surface area contributed by atoms with Crippen LogP contribution in [-0.4, -0.2) is 50.7 Å². The summed E-state index contributed by atoms with van der Waals surface area (Å²) in [4.78, 5) is 14.4. The Morgan fingerprint density at radius 1 is 1.39 bits per heavy atom. The zero-order chi connectivity index (χ0) is 16.2. The highest BCUT2D eigenvalue weighted by Crippen LogP contribution is 2.19. The van der Waals surface area contributed by atoms with Gasteiger partial charge in [-0.15, -0.1) is 12.4 Å². The van der Waals surface area contributed by atoms with E-state index in [2.05, 4.69) is 10.0 Å². The van der Waals surface area contributed by atoms with Crippen LogP contribution in [0.4, 0.5) is 5.69 Å². The number of para-hydroxylation sites is 1. The lowest BCUT2D eigenvalue weighted by Crippen LogP contribution is -2.51. The van der Waals surface area contributed by atoms with Crippen LogP contribution >= 0.6 is 12.4 Å². The molecule has 1 amide bonds. The molecule has 2 rings (SSSR count). The normalized spacial score (nSPS) is 18.2. The third-order valence-corrected chi connectivity index (χ3v) is 5.03. The highest BCUT2D eigenvalue weighted by atomic mass is 35.5. The molecule has 1 aromatic rings. The number of sulfonamides is 1. The number of piperazine rings is 1. The van der Waals surface area contributed by atoms with E-state index in [0.717, 1.165) is 6.54 Å². The summed E-state index contributed by atoms with van der Waals surface area (Å²) in [5.74, 6) is -0.0941. The van der Waals surface area contributed by atoms with Crippen LogP contribution in [0.25, 0.3) is 0 Å². The fourth-order valence-electron chi connectivity index (χ4n) is 2.53. The molecule has 23 heavy (non-hydrogen) atoms. The maximum Gasteiger partial charge on any atom is 0.256 e. The third-order valence-electron chi connectivity index (χ3n) is 3.55. The molecule has 1 heterocycles. The molecule has 130 valence electrons. The number of hydrogen-bond donors (Lipinski definition) is 2. The van der Waals surface area contributed by atoms with Gasteiger partial charge in [-0.1, -0.05) is 19.1 Å². The zero-order valence-electron chi connectivity index (χ0n) is 13.4. The van der Waals surface area contributed by atoms with Gasteiger partial charge in [-0.05, 0) is 25.5 Å². The number of anilines is 1. The van der Waals surface area contributed by atoms with E-state index in [-0.39, 0.29) is 30.1 Å². The van der Waals surface area contributed by atoms with Crippen LogP contribution < -0.4 is 10.0 Å². The van der Waals surface area contributed by atoms with Crippen LogP contribution in [0.5, 0.6) is 0 Å². The molecule has 0 radical (unpaired) electrons. The van der Waals surface area contributed by atoms with Crippen molar-refractivity contribution in [2.75, 3.05) is 30.1 Å². The molecule has 1 aliphatic rings. The number of amides is 1. The number of nitrogens with zero attached hydrogens (tertiary/aromatic N) is 1. The van der Waals surface area contributed by atoms with Crippen LogP contribution in [0.2, 0.25) is 0 Å². The zero-order valence-corrected chi connectivity index (χ0v) is 15.0. The van der Waals surface area contributed by atoms with Crippen molar-refractivity contribution >= 4 is 34.0 Å². The molecular weight excluding hydrogens is 338 g/mol. The van der Waals surface area contributed by atoms with Gasteiger partial charge in [0.1, 0.15) is 0 Å². The van der Waals surface area contributed by atoms with Crippen molar-refractivity contribution in [1.82, 2.24) is 10.2 Å². The van der Waals surface area contributed by atoms with E-state index in [9.17, 15) is 13.2 Å². The monoisotopic (exact) mass is 361 g/mol. The second-order valence-electron chi connectivity index (χ2n) is 5.57. The summed E-state index contributed by atoms with van der Waals surface area (Å²) in [6.07, 6.45) is 0.529. The summed E-state index contributed by atoms with van der Waals surface area (Å²) in [7, 11) is -3.42. The Morgan fingerprint density at radius 3 is 2.74 bits per heavy atom. The Bertz CT molecular complexity index is 637. The SMILES string of the molecule is CCCS(=O)(=O)Nc1ccccc1C(=O)N1CCNC(C)C1.Cl. The lowest BCUT2D eigenvalue weighted by atomic mass is 10.1. The van der Waals surface area contributed by atoms with Crippen LogP contribution in [0.15, 0.2) is 24.3 Å². The Hall–Kier alpha value is -1.31. The summed E-state index contributed by atoms with van der Waals surface area (Å²) >= 11 is 0. The molecule has 1 atom stereocenters. The predicted molar refractivity (Wildman–Crippen MR) is 94.8 cm³/mol.